The predicted molar refractivity (Wildman–Crippen MR) is 79.8 cm³/mol. The number of hydrogen-bond donors (Lipinski definition) is 0. The molecule has 2 heterocycles. The molecule has 1 amide bonds. The summed E-state index contributed by atoms with van der Waals surface area (Å²) >= 11 is 1.31. The quantitative estimate of drug-likeness (QED) is 0.744. The Bertz CT molecular complexity index is 768. The van der Waals surface area contributed by atoms with Crippen LogP contribution in [0.5, 0.6) is 0 Å². The second-order valence-corrected chi connectivity index (χ2v) is 5.56. The van der Waals surface area contributed by atoms with Gasteiger partial charge in [-0.1, -0.05) is 11.3 Å². The highest BCUT2D eigenvalue weighted by atomic mass is 32.1. The molecule has 0 spiro atoms. The van der Waals surface area contributed by atoms with Crippen LogP contribution < -0.4 is 4.90 Å². The summed E-state index contributed by atoms with van der Waals surface area (Å²) in [6.45, 7) is 2.55. The average molecular weight is 304 g/mol. The maximum atomic E-state index is 13.2. The lowest BCUT2D eigenvalue weighted by atomic mass is 10.3. The number of hydrogen-bond acceptors (Lipinski definition) is 4. The molecule has 0 radical (unpaired) electrons. The first-order chi connectivity index (χ1) is 10.1. The summed E-state index contributed by atoms with van der Waals surface area (Å²) < 4.78 is 15.7. The van der Waals surface area contributed by atoms with Gasteiger partial charge in [-0.15, -0.1) is 0 Å². The maximum Gasteiger partial charge on any atom is 0.225 e. The van der Waals surface area contributed by atoms with Gasteiger partial charge in [-0.2, -0.15) is 5.10 Å². The molecule has 1 aromatic carbocycles. The van der Waals surface area contributed by atoms with Crippen LogP contribution in [0, 0.1) is 5.82 Å². The lowest BCUT2D eigenvalue weighted by Crippen LogP contribution is -2.31. The van der Waals surface area contributed by atoms with Crippen LogP contribution in [0.2, 0.25) is 0 Å². The molecule has 0 fully saturated rings. The van der Waals surface area contributed by atoms with E-state index in [1.54, 1.807) is 21.8 Å². The number of nitrogens with zero attached hydrogens (tertiary/aromatic N) is 4. The van der Waals surface area contributed by atoms with Crippen molar-refractivity contribution in [1.29, 1.82) is 0 Å². The van der Waals surface area contributed by atoms with Gasteiger partial charge in [-0.05, 0) is 24.3 Å². The zero-order valence-electron chi connectivity index (χ0n) is 11.4. The van der Waals surface area contributed by atoms with Crippen molar-refractivity contribution in [3.63, 3.8) is 0 Å². The molecule has 0 aliphatic rings. The number of amides is 1. The van der Waals surface area contributed by atoms with E-state index < -0.39 is 0 Å². The Morgan fingerprint density at radius 2 is 2.33 bits per heavy atom. The smallest absolute Gasteiger partial charge is 0.225 e. The van der Waals surface area contributed by atoms with Crippen LogP contribution in [0.15, 0.2) is 36.7 Å². The van der Waals surface area contributed by atoms with Crippen molar-refractivity contribution in [3.8, 4) is 0 Å². The van der Waals surface area contributed by atoms with E-state index in [-0.39, 0.29) is 11.7 Å². The van der Waals surface area contributed by atoms with Gasteiger partial charge in [0.1, 0.15) is 5.82 Å². The Kier molecular flexibility index (Phi) is 3.66. The zero-order chi connectivity index (χ0) is 14.8. The lowest BCUT2D eigenvalue weighted by molar-refractivity contribution is -0.116. The van der Waals surface area contributed by atoms with Gasteiger partial charge in [0.2, 0.25) is 5.91 Å². The Morgan fingerprint density at radius 3 is 3.05 bits per heavy atom. The molecular formula is C14H13FN4OS. The minimum absolute atomic E-state index is 0.0957. The third kappa shape index (κ3) is 2.92. The molecule has 0 N–H and O–H groups in total. The minimum Gasteiger partial charge on any atom is -0.286 e. The number of carbonyl (C=O) groups excluding carboxylic acids is 1. The molecule has 0 saturated carbocycles. The van der Waals surface area contributed by atoms with E-state index >= 15 is 0 Å². The standard InChI is InChI=1S/C14H13FN4OS/c1-10(20)19(8-7-18-6-2-5-16-18)14-17-12-4-3-11(15)9-13(12)21-14/h2-6,9H,7-8H2,1H3. The highest BCUT2D eigenvalue weighted by Gasteiger charge is 2.16. The van der Waals surface area contributed by atoms with Crippen LogP contribution in [-0.2, 0) is 11.3 Å². The third-order valence-electron chi connectivity index (χ3n) is 3.06. The molecular weight excluding hydrogens is 291 g/mol. The zero-order valence-corrected chi connectivity index (χ0v) is 12.2. The van der Waals surface area contributed by atoms with Crippen molar-refractivity contribution in [3.05, 3.63) is 42.5 Å². The van der Waals surface area contributed by atoms with Gasteiger partial charge in [0, 0.05) is 25.9 Å². The van der Waals surface area contributed by atoms with E-state index in [4.69, 9.17) is 0 Å². The van der Waals surface area contributed by atoms with Crippen LogP contribution in [0.1, 0.15) is 6.92 Å². The number of anilines is 1. The summed E-state index contributed by atoms with van der Waals surface area (Å²) in [7, 11) is 0. The van der Waals surface area contributed by atoms with Gasteiger partial charge in [0.15, 0.2) is 5.13 Å². The van der Waals surface area contributed by atoms with E-state index in [2.05, 4.69) is 10.1 Å². The second-order valence-electron chi connectivity index (χ2n) is 4.55. The number of thiazole rings is 1. The van der Waals surface area contributed by atoms with E-state index in [1.807, 2.05) is 12.3 Å². The largest absolute Gasteiger partial charge is 0.286 e. The Balaban J connectivity index is 1.86. The van der Waals surface area contributed by atoms with Crippen molar-refractivity contribution in [2.45, 2.75) is 13.5 Å². The average Bonchev–Trinajstić information content (AvgIpc) is 3.07. The Hall–Kier alpha value is -2.28. The third-order valence-corrected chi connectivity index (χ3v) is 4.10. The van der Waals surface area contributed by atoms with Gasteiger partial charge in [0.25, 0.3) is 0 Å². The molecule has 5 nitrogen and oxygen atoms in total. The van der Waals surface area contributed by atoms with E-state index in [9.17, 15) is 9.18 Å². The second kappa shape index (κ2) is 5.61. The highest BCUT2D eigenvalue weighted by Crippen LogP contribution is 2.29. The summed E-state index contributed by atoms with van der Waals surface area (Å²) in [5, 5.41) is 4.69. The fourth-order valence-corrected chi connectivity index (χ4v) is 3.09. The Morgan fingerprint density at radius 1 is 1.48 bits per heavy atom. The molecule has 3 rings (SSSR count). The van der Waals surface area contributed by atoms with Gasteiger partial charge < -0.3 is 0 Å². The number of rotatable bonds is 4. The van der Waals surface area contributed by atoms with Gasteiger partial charge in [-0.3, -0.25) is 14.4 Å². The van der Waals surface area contributed by atoms with E-state index in [0.717, 1.165) is 4.70 Å². The highest BCUT2D eigenvalue weighted by molar-refractivity contribution is 7.22. The van der Waals surface area contributed by atoms with Crippen LogP contribution in [0.3, 0.4) is 0 Å². The van der Waals surface area contributed by atoms with Gasteiger partial charge in [-0.25, -0.2) is 9.37 Å². The number of aromatic nitrogens is 3. The van der Waals surface area contributed by atoms with Crippen molar-refractivity contribution >= 4 is 32.6 Å². The fourth-order valence-electron chi connectivity index (χ4n) is 2.02. The maximum absolute atomic E-state index is 13.2. The van der Waals surface area contributed by atoms with Crippen molar-refractivity contribution < 1.29 is 9.18 Å². The molecule has 3 aromatic rings. The number of carbonyl (C=O) groups is 1. The summed E-state index contributed by atoms with van der Waals surface area (Å²) in [6.07, 6.45) is 3.53. The molecule has 0 aliphatic heterocycles. The van der Waals surface area contributed by atoms with Crippen LogP contribution >= 0.6 is 11.3 Å². The summed E-state index contributed by atoms with van der Waals surface area (Å²) in [4.78, 5) is 17.8. The molecule has 7 heteroatoms. The number of benzene rings is 1. The molecule has 0 unspecified atom stereocenters. The SMILES string of the molecule is CC(=O)N(CCn1cccn1)c1nc2ccc(F)cc2s1. The first-order valence-corrected chi connectivity index (χ1v) is 7.27. The minimum atomic E-state index is -0.302. The first kappa shape index (κ1) is 13.7. The molecule has 0 aliphatic carbocycles. The number of fused-ring (bicyclic) bond motifs is 1. The summed E-state index contributed by atoms with van der Waals surface area (Å²) in [5.74, 6) is -0.398. The first-order valence-electron chi connectivity index (χ1n) is 6.45. The molecule has 2 aromatic heterocycles. The van der Waals surface area contributed by atoms with Crippen LogP contribution in [0.25, 0.3) is 10.2 Å². The molecule has 108 valence electrons. The van der Waals surface area contributed by atoms with Gasteiger partial charge >= 0.3 is 0 Å². The van der Waals surface area contributed by atoms with E-state index in [0.29, 0.717) is 23.7 Å². The summed E-state index contributed by atoms with van der Waals surface area (Å²) in [6, 6.07) is 6.26. The van der Waals surface area contributed by atoms with Crippen molar-refractivity contribution in [2.75, 3.05) is 11.4 Å². The monoisotopic (exact) mass is 304 g/mol. The summed E-state index contributed by atoms with van der Waals surface area (Å²) in [5.41, 5.74) is 0.696. The normalized spacial score (nSPS) is 11.0. The molecule has 21 heavy (non-hydrogen) atoms. The fraction of sp³-hybridized carbons (Fsp3) is 0.214. The topological polar surface area (TPSA) is 51.0 Å². The molecule has 0 atom stereocenters. The lowest BCUT2D eigenvalue weighted by Gasteiger charge is -2.17. The molecule has 0 bridgehead atoms. The Labute approximate surface area is 124 Å². The van der Waals surface area contributed by atoms with Crippen molar-refractivity contribution in [2.24, 2.45) is 0 Å². The van der Waals surface area contributed by atoms with Crippen LogP contribution in [0.4, 0.5) is 9.52 Å². The number of halogens is 1. The molecule has 0 saturated heterocycles. The van der Waals surface area contributed by atoms with E-state index in [1.165, 1.54) is 30.4 Å². The van der Waals surface area contributed by atoms with Crippen molar-refractivity contribution in [1.82, 2.24) is 14.8 Å². The van der Waals surface area contributed by atoms with Crippen LogP contribution in [-0.4, -0.2) is 27.2 Å². The van der Waals surface area contributed by atoms with Gasteiger partial charge in [0.05, 0.1) is 16.8 Å². The predicted octanol–water partition coefficient (Wildman–Crippen LogP) is 2.69.